The second-order valence-corrected chi connectivity index (χ2v) is 7.10. The van der Waals surface area contributed by atoms with Crippen molar-refractivity contribution in [2.24, 2.45) is 0 Å². The van der Waals surface area contributed by atoms with Gasteiger partial charge in [-0.2, -0.15) is 0 Å². The van der Waals surface area contributed by atoms with Gasteiger partial charge in [0.05, 0.1) is 5.02 Å². The summed E-state index contributed by atoms with van der Waals surface area (Å²) < 4.78 is 16.8. The van der Waals surface area contributed by atoms with Gasteiger partial charge in [-0.05, 0) is 75.1 Å². The smallest absolute Gasteiger partial charge is 0.347 e. The first-order valence-corrected chi connectivity index (χ1v) is 9.37. The topological polar surface area (TPSA) is 44.8 Å². The number of rotatable bonds is 6. The second-order valence-electron chi connectivity index (χ2n) is 6.25. The fourth-order valence-electron chi connectivity index (χ4n) is 2.79. The molecule has 26 heavy (non-hydrogen) atoms. The predicted molar refractivity (Wildman–Crippen MR) is 101 cm³/mol. The quantitative estimate of drug-likeness (QED) is 0.560. The molecule has 0 radical (unpaired) electrons. The molecule has 0 spiro atoms. The zero-order valence-corrected chi connectivity index (χ0v) is 15.9. The Morgan fingerprint density at radius 3 is 2.35 bits per heavy atom. The van der Waals surface area contributed by atoms with Crippen LogP contribution in [-0.4, -0.2) is 18.2 Å². The molecule has 1 fully saturated rings. The van der Waals surface area contributed by atoms with Crippen LogP contribution >= 0.6 is 23.2 Å². The van der Waals surface area contributed by atoms with Crippen molar-refractivity contribution in [2.45, 2.75) is 44.8 Å². The van der Waals surface area contributed by atoms with Crippen molar-refractivity contribution in [1.29, 1.82) is 0 Å². The number of carbonyl (C=O) groups is 1. The van der Waals surface area contributed by atoms with Crippen molar-refractivity contribution in [3.8, 4) is 17.2 Å². The molecule has 138 valence electrons. The molecule has 0 aliphatic heterocycles. The molecule has 0 N–H and O–H groups in total. The number of hydrogen-bond acceptors (Lipinski definition) is 4. The minimum atomic E-state index is -0.659. The summed E-state index contributed by atoms with van der Waals surface area (Å²) in [5.74, 6) is 1.35. The van der Waals surface area contributed by atoms with Crippen LogP contribution in [0.4, 0.5) is 0 Å². The Labute approximate surface area is 163 Å². The fourth-order valence-corrected chi connectivity index (χ4v) is 3.24. The van der Waals surface area contributed by atoms with E-state index in [-0.39, 0.29) is 12.1 Å². The Morgan fingerprint density at radius 1 is 1.04 bits per heavy atom. The summed E-state index contributed by atoms with van der Waals surface area (Å²) in [5, 5.41) is 0.977. The van der Waals surface area contributed by atoms with Gasteiger partial charge in [-0.25, -0.2) is 4.79 Å². The summed E-state index contributed by atoms with van der Waals surface area (Å²) in [4.78, 5) is 12.1. The Kier molecular flexibility index (Phi) is 6.28. The average molecular weight is 395 g/mol. The van der Waals surface area contributed by atoms with E-state index in [0.717, 1.165) is 25.7 Å². The molecule has 0 bridgehead atoms. The molecular formula is C20H20Cl2O4. The summed E-state index contributed by atoms with van der Waals surface area (Å²) in [6.45, 7) is 1.69. The molecule has 2 aromatic carbocycles. The Hall–Kier alpha value is -1.91. The molecule has 2 aromatic rings. The summed E-state index contributed by atoms with van der Waals surface area (Å²) >= 11 is 12.0. The molecule has 6 heteroatoms. The Bertz CT molecular complexity index is 755. The van der Waals surface area contributed by atoms with E-state index in [9.17, 15) is 4.79 Å². The van der Waals surface area contributed by atoms with E-state index in [1.807, 2.05) is 0 Å². The Balaban J connectivity index is 1.55. The van der Waals surface area contributed by atoms with Crippen molar-refractivity contribution < 1.29 is 19.0 Å². The lowest BCUT2D eigenvalue weighted by molar-refractivity contribution is -0.156. The van der Waals surface area contributed by atoms with Crippen molar-refractivity contribution in [3.05, 3.63) is 52.5 Å². The third-order valence-electron chi connectivity index (χ3n) is 4.18. The summed E-state index contributed by atoms with van der Waals surface area (Å²) in [6, 6.07) is 12.0. The number of esters is 1. The lowest BCUT2D eigenvalue weighted by atomic mass is 10.3. The first-order chi connectivity index (χ1) is 12.5. The van der Waals surface area contributed by atoms with Gasteiger partial charge in [-0.3, -0.25) is 0 Å². The third-order valence-corrected chi connectivity index (χ3v) is 4.71. The highest BCUT2D eigenvalue weighted by Crippen LogP contribution is 2.32. The Morgan fingerprint density at radius 2 is 1.69 bits per heavy atom. The number of hydrogen-bond donors (Lipinski definition) is 0. The highest BCUT2D eigenvalue weighted by molar-refractivity contribution is 6.35. The SMILES string of the molecule is CC(Oc1ccc(Oc2ccc(Cl)cc2Cl)cc1)C(=O)OC1CCCC1. The number of halogens is 2. The molecule has 1 unspecified atom stereocenters. The molecule has 1 aliphatic carbocycles. The van der Waals surface area contributed by atoms with Gasteiger partial charge in [0.15, 0.2) is 6.10 Å². The molecule has 0 saturated heterocycles. The van der Waals surface area contributed by atoms with Crippen LogP contribution in [0.1, 0.15) is 32.6 Å². The average Bonchev–Trinajstić information content (AvgIpc) is 3.12. The van der Waals surface area contributed by atoms with Crippen LogP contribution in [-0.2, 0) is 9.53 Å². The minimum Gasteiger partial charge on any atom is -0.479 e. The largest absolute Gasteiger partial charge is 0.479 e. The lowest BCUT2D eigenvalue weighted by Crippen LogP contribution is -2.29. The maximum atomic E-state index is 12.1. The van der Waals surface area contributed by atoms with Gasteiger partial charge in [0, 0.05) is 5.02 Å². The molecular weight excluding hydrogens is 375 g/mol. The number of benzene rings is 2. The van der Waals surface area contributed by atoms with Gasteiger partial charge < -0.3 is 14.2 Å². The molecule has 3 rings (SSSR count). The van der Waals surface area contributed by atoms with Gasteiger partial charge in [-0.1, -0.05) is 23.2 Å². The zero-order valence-electron chi connectivity index (χ0n) is 14.4. The molecule has 1 saturated carbocycles. The van der Waals surface area contributed by atoms with Crippen LogP contribution in [0.25, 0.3) is 0 Å². The molecule has 1 atom stereocenters. The van der Waals surface area contributed by atoms with Crippen molar-refractivity contribution in [3.63, 3.8) is 0 Å². The van der Waals surface area contributed by atoms with Crippen LogP contribution in [0.2, 0.25) is 10.0 Å². The number of carbonyl (C=O) groups excluding carboxylic acids is 1. The van der Waals surface area contributed by atoms with Crippen LogP contribution in [0.3, 0.4) is 0 Å². The van der Waals surface area contributed by atoms with Gasteiger partial charge in [0.2, 0.25) is 0 Å². The minimum absolute atomic E-state index is 0.0356. The van der Waals surface area contributed by atoms with Gasteiger partial charge in [0.1, 0.15) is 23.4 Å². The molecule has 0 amide bonds. The van der Waals surface area contributed by atoms with E-state index < -0.39 is 6.10 Å². The monoisotopic (exact) mass is 394 g/mol. The molecule has 4 nitrogen and oxygen atoms in total. The maximum absolute atomic E-state index is 12.1. The predicted octanol–water partition coefficient (Wildman–Crippen LogP) is 6.04. The van der Waals surface area contributed by atoms with E-state index >= 15 is 0 Å². The summed E-state index contributed by atoms with van der Waals surface area (Å²) in [6.07, 6.45) is 3.50. The van der Waals surface area contributed by atoms with E-state index in [2.05, 4.69) is 0 Å². The standard InChI is InChI=1S/C20H20Cl2O4/c1-13(20(23)26-15-4-2-3-5-15)24-16-7-9-17(10-8-16)25-19-11-6-14(21)12-18(19)22/h6-13,15H,2-5H2,1H3. The fraction of sp³-hybridized carbons (Fsp3) is 0.350. The normalized spacial score (nSPS) is 15.5. The highest BCUT2D eigenvalue weighted by Gasteiger charge is 2.23. The maximum Gasteiger partial charge on any atom is 0.347 e. The zero-order chi connectivity index (χ0) is 18.5. The number of ether oxygens (including phenoxy) is 3. The van der Waals surface area contributed by atoms with Crippen molar-refractivity contribution in [1.82, 2.24) is 0 Å². The first kappa shape index (κ1) is 18.9. The lowest BCUT2D eigenvalue weighted by Gasteiger charge is -2.17. The van der Waals surface area contributed by atoms with E-state index in [4.69, 9.17) is 37.4 Å². The summed E-state index contributed by atoms with van der Waals surface area (Å²) in [5.41, 5.74) is 0. The molecule has 0 aromatic heterocycles. The van der Waals surface area contributed by atoms with Crippen LogP contribution < -0.4 is 9.47 Å². The van der Waals surface area contributed by atoms with Gasteiger partial charge in [-0.15, -0.1) is 0 Å². The molecule has 0 heterocycles. The van der Waals surface area contributed by atoms with Crippen LogP contribution in [0, 0.1) is 0 Å². The van der Waals surface area contributed by atoms with Crippen molar-refractivity contribution >= 4 is 29.2 Å². The van der Waals surface area contributed by atoms with E-state index in [0.29, 0.717) is 27.3 Å². The van der Waals surface area contributed by atoms with Gasteiger partial charge >= 0.3 is 5.97 Å². The van der Waals surface area contributed by atoms with Crippen molar-refractivity contribution in [2.75, 3.05) is 0 Å². The third kappa shape index (κ3) is 5.05. The molecule has 1 aliphatic rings. The van der Waals surface area contributed by atoms with E-state index in [1.54, 1.807) is 49.4 Å². The van der Waals surface area contributed by atoms with Crippen LogP contribution in [0.15, 0.2) is 42.5 Å². The van der Waals surface area contributed by atoms with Crippen LogP contribution in [0.5, 0.6) is 17.2 Å². The van der Waals surface area contributed by atoms with Gasteiger partial charge in [0.25, 0.3) is 0 Å². The van der Waals surface area contributed by atoms with E-state index in [1.165, 1.54) is 0 Å². The highest BCUT2D eigenvalue weighted by atomic mass is 35.5. The summed E-state index contributed by atoms with van der Waals surface area (Å²) in [7, 11) is 0. The first-order valence-electron chi connectivity index (χ1n) is 8.61. The second kappa shape index (κ2) is 8.65.